The minimum absolute atomic E-state index is 0.106. The zero-order chi connectivity index (χ0) is 11.1. The summed E-state index contributed by atoms with van der Waals surface area (Å²) in [7, 11) is 0. The second kappa shape index (κ2) is 6.16. The Morgan fingerprint density at radius 1 is 1.27 bits per heavy atom. The number of carbonyl (C=O) groups excluding carboxylic acids is 1. The van der Waals surface area contributed by atoms with Crippen LogP contribution in [0.25, 0.3) is 0 Å². The van der Waals surface area contributed by atoms with Crippen molar-refractivity contribution in [3.63, 3.8) is 0 Å². The maximum atomic E-state index is 9.86. The van der Waals surface area contributed by atoms with Crippen LogP contribution < -0.4 is 0 Å². The van der Waals surface area contributed by atoms with Gasteiger partial charge in [-0.25, -0.2) is 0 Å². The van der Waals surface area contributed by atoms with Crippen molar-refractivity contribution in [3.05, 3.63) is 35.9 Å². The summed E-state index contributed by atoms with van der Waals surface area (Å²) in [5.41, 5.74) is 0.649. The molecule has 1 aromatic carbocycles. The Labute approximate surface area is 88.1 Å². The average molecular weight is 210 g/mol. The van der Waals surface area contributed by atoms with E-state index >= 15 is 0 Å². The molecule has 0 radical (unpaired) electrons. The van der Waals surface area contributed by atoms with Crippen LogP contribution in [-0.2, 0) is 9.53 Å². The van der Waals surface area contributed by atoms with Gasteiger partial charge in [0.1, 0.15) is 6.10 Å². The van der Waals surface area contributed by atoms with Crippen LogP contribution in [0, 0.1) is 0 Å². The molecule has 0 saturated heterocycles. The Balaban J connectivity index is 2.45. The third-order valence-electron chi connectivity index (χ3n) is 2.11. The fraction of sp³-hybridized carbons (Fsp3) is 0.364. The van der Waals surface area contributed by atoms with Gasteiger partial charge < -0.3 is 14.9 Å². The lowest BCUT2D eigenvalue weighted by atomic mass is 10.0. The molecule has 1 aromatic rings. The fourth-order valence-electron chi connectivity index (χ4n) is 1.27. The van der Waals surface area contributed by atoms with Crippen molar-refractivity contribution in [1.29, 1.82) is 0 Å². The number of aliphatic hydroxyl groups is 2. The first kappa shape index (κ1) is 11.7. The molecule has 15 heavy (non-hydrogen) atoms. The molecule has 1 rings (SSSR count). The van der Waals surface area contributed by atoms with Gasteiger partial charge in [-0.3, -0.25) is 4.79 Å². The lowest BCUT2D eigenvalue weighted by molar-refractivity contribution is -0.129. The summed E-state index contributed by atoms with van der Waals surface area (Å²) < 4.78 is 4.44. The van der Waals surface area contributed by atoms with Crippen LogP contribution in [0.5, 0.6) is 0 Å². The molecular weight excluding hydrogens is 196 g/mol. The van der Waals surface area contributed by atoms with Gasteiger partial charge in [0.15, 0.2) is 0 Å². The molecular formula is C11H14O4. The van der Waals surface area contributed by atoms with Crippen LogP contribution in [0.15, 0.2) is 30.3 Å². The first-order valence-corrected chi connectivity index (χ1v) is 4.72. The van der Waals surface area contributed by atoms with Gasteiger partial charge in [-0.1, -0.05) is 30.3 Å². The van der Waals surface area contributed by atoms with Gasteiger partial charge in [-0.05, 0) is 5.56 Å². The first-order valence-electron chi connectivity index (χ1n) is 4.72. The molecule has 82 valence electrons. The van der Waals surface area contributed by atoms with Crippen LogP contribution in [-0.4, -0.2) is 29.4 Å². The molecule has 0 spiro atoms. The quantitative estimate of drug-likeness (QED) is 0.534. The van der Waals surface area contributed by atoms with Gasteiger partial charge >= 0.3 is 0 Å². The molecule has 4 heteroatoms. The molecule has 0 saturated carbocycles. The Morgan fingerprint density at radius 3 is 2.53 bits per heavy atom. The average Bonchev–Trinajstić information content (AvgIpc) is 2.29. The van der Waals surface area contributed by atoms with Crippen LogP contribution in [0.1, 0.15) is 18.1 Å². The zero-order valence-corrected chi connectivity index (χ0v) is 8.24. The van der Waals surface area contributed by atoms with Crippen LogP contribution in [0.3, 0.4) is 0 Å². The van der Waals surface area contributed by atoms with Gasteiger partial charge in [0, 0.05) is 6.42 Å². The SMILES string of the molecule is O=COCC[C@@H](O)[C@H](O)c1ccccc1. The maximum Gasteiger partial charge on any atom is 0.293 e. The Kier molecular flexibility index (Phi) is 4.80. The first-order chi connectivity index (χ1) is 7.25. The second-order valence-electron chi connectivity index (χ2n) is 3.18. The summed E-state index contributed by atoms with van der Waals surface area (Å²) in [5.74, 6) is 0. The third kappa shape index (κ3) is 3.69. The predicted octanol–water partition coefficient (Wildman–Crippen LogP) is 0.644. The predicted molar refractivity (Wildman–Crippen MR) is 54.0 cm³/mol. The summed E-state index contributed by atoms with van der Waals surface area (Å²) in [5, 5.41) is 19.2. The fourth-order valence-corrected chi connectivity index (χ4v) is 1.27. The van der Waals surface area contributed by atoms with Crippen molar-refractivity contribution in [2.75, 3.05) is 6.61 Å². The number of rotatable bonds is 6. The minimum Gasteiger partial charge on any atom is -0.468 e. The van der Waals surface area contributed by atoms with E-state index in [4.69, 9.17) is 0 Å². The van der Waals surface area contributed by atoms with E-state index < -0.39 is 12.2 Å². The maximum absolute atomic E-state index is 9.86. The highest BCUT2D eigenvalue weighted by Gasteiger charge is 2.17. The van der Waals surface area contributed by atoms with Crippen molar-refractivity contribution < 1.29 is 19.7 Å². The number of carbonyl (C=O) groups is 1. The number of aliphatic hydroxyl groups excluding tert-OH is 2. The highest BCUT2D eigenvalue weighted by molar-refractivity contribution is 5.36. The topological polar surface area (TPSA) is 66.8 Å². The minimum atomic E-state index is -0.943. The number of hydrogen-bond acceptors (Lipinski definition) is 4. The molecule has 0 aliphatic carbocycles. The van der Waals surface area contributed by atoms with Crippen molar-refractivity contribution in [1.82, 2.24) is 0 Å². The molecule has 0 bridgehead atoms. The molecule has 0 aliphatic heterocycles. The van der Waals surface area contributed by atoms with Crippen molar-refractivity contribution >= 4 is 6.47 Å². The van der Waals surface area contributed by atoms with Gasteiger partial charge in [0.05, 0.1) is 12.7 Å². The highest BCUT2D eigenvalue weighted by Crippen LogP contribution is 2.18. The Hall–Kier alpha value is -1.39. The Bertz CT molecular complexity index is 286. The molecule has 0 heterocycles. The van der Waals surface area contributed by atoms with Crippen molar-refractivity contribution in [2.24, 2.45) is 0 Å². The van der Waals surface area contributed by atoms with Gasteiger partial charge in [-0.2, -0.15) is 0 Å². The second-order valence-corrected chi connectivity index (χ2v) is 3.18. The smallest absolute Gasteiger partial charge is 0.293 e. The van der Waals surface area contributed by atoms with E-state index in [-0.39, 0.29) is 13.0 Å². The normalized spacial score (nSPS) is 14.3. The summed E-state index contributed by atoms with van der Waals surface area (Å²) >= 11 is 0. The van der Waals surface area contributed by atoms with Crippen molar-refractivity contribution in [2.45, 2.75) is 18.6 Å². The lowest BCUT2D eigenvalue weighted by Gasteiger charge is -2.17. The van der Waals surface area contributed by atoms with Gasteiger partial charge in [0.2, 0.25) is 0 Å². The highest BCUT2D eigenvalue weighted by atomic mass is 16.5. The molecule has 2 atom stereocenters. The molecule has 0 amide bonds. The van der Waals surface area contributed by atoms with Crippen LogP contribution in [0.2, 0.25) is 0 Å². The molecule has 2 N–H and O–H groups in total. The monoisotopic (exact) mass is 210 g/mol. The van der Waals surface area contributed by atoms with E-state index in [1.807, 2.05) is 6.07 Å². The molecule has 0 aromatic heterocycles. The van der Waals surface area contributed by atoms with E-state index in [0.717, 1.165) is 0 Å². The molecule has 0 unspecified atom stereocenters. The number of ether oxygens (including phenoxy) is 1. The van der Waals surface area contributed by atoms with Crippen LogP contribution >= 0.6 is 0 Å². The standard InChI is InChI=1S/C11H14O4/c12-8-15-7-6-10(13)11(14)9-4-2-1-3-5-9/h1-5,8,10-11,13-14H,6-7H2/t10-,11-/m1/s1. The van der Waals surface area contributed by atoms with E-state index in [0.29, 0.717) is 12.0 Å². The largest absolute Gasteiger partial charge is 0.468 e. The number of benzene rings is 1. The van der Waals surface area contributed by atoms with E-state index in [1.54, 1.807) is 24.3 Å². The van der Waals surface area contributed by atoms with Gasteiger partial charge in [-0.15, -0.1) is 0 Å². The molecule has 4 nitrogen and oxygen atoms in total. The molecule has 0 fully saturated rings. The summed E-state index contributed by atoms with van der Waals surface area (Å²) in [6.07, 6.45) is -1.65. The van der Waals surface area contributed by atoms with Crippen molar-refractivity contribution in [3.8, 4) is 0 Å². The summed E-state index contributed by atoms with van der Waals surface area (Å²) in [4.78, 5) is 9.86. The van der Waals surface area contributed by atoms with E-state index in [2.05, 4.69) is 4.74 Å². The Morgan fingerprint density at radius 2 is 1.93 bits per heavy atom. The molecule has 0 aliphatic rings. The number of hydrogen-bond donors (Lipinski definition) is 2. The van der Waals surface area contributed by atoms with E-state index in [9.17, 15) is 15.0 Å². The summed E-state index contributed by atoms with van der Waals surface area (Å²) in [6.45, 7) is 0.427. The third-order valence-corrected chi connectivity index (χ3v) is 2.11. The summed E-state index contributed by atoms with van der Waals surface area (Å²) in [6, 6.07) is 8.86. The van der Waals surface area contributed by atoms with Gasteiger partial charge in [0.25, 0.3) is 6.47 Å². The van der Waals surface area contributed by atoms with E-state index in [1.165, 1.54) is 0 Å². The van der Waals surface area contributed by atoms with Crippen LogP contribution in [0.4, 0.5) is 0 Å². The lowest BCUT2D eigenvalue weighted by Crippen LogP contribution is -2.20. The zero-order valence-electron chi connectivity index (χ0n) is 8.24.